The van der Waals surface area contributed by atoms with Crippen LogP contribution in [0.5, 0.6) is 5.88 Å². The fraction of sp³-hybridized carbons (Fsp3) is 0.625. The van der Waals surface area contributed by atoms with Crippen molar-refractivity contribution in [3.05, 3.63) is 23.4 Å². The summed E-state index contributed by atoms with van der Waals surface area (Å²) in [5, 5.41) is 9.22. The highest BCUT2D eigenvalue weighted by Crippen LogP contribution is 2.40. The van der Waals surface area contributed by atoms with Crippen LogP contribution in [-0.2, 0) is 0 Å². The minimum atomic E-state index is -0.990. The Bertz CT molecular complexity index is 510. The lowest BCUT2D eigenvalue weighted by Gasteiger charge is -2.38. The first-order valence-corrected chi connectivity index (χ1v) is 7.14. The van der Waals surface area contributed by atoms with E-state index in [0.29, 0.717) is 5.92 Å². The molecule has 1 saturated carbocycles. The zero-order valence-corrected chi connectivity index (χ0v) is 12.6. The number of ether oxygens (including phenoxy) is 1. The molecule has 1 aromatic rings. The summed E-state index contributed by atoms with van der Waals surface area (Å²) in [6.45, 7) is 8.53. The van der Waals surface area contributed by atoms with Gasteiger partial charge in [0.15, 0.2) is 0 Å². The molecule has 0 spiro atoms. The Balaban J connectivity index is 2.21. The zero-order chi connectivity index (χ0) is 14.9. The van der Waals surface area contributed by atoms with Crippen LogP contribution in [0.1, 0.15) is 56.1 Å². The van der Waals surface area contributed by atoms with Crippen LogP contribution in [-0.4, -0.2) is 22.2 Å². The molecule has 1 N–H and O–H groups in total. The third-order valence-electron chi connectivity index (χ3n) is 3.85. The Morgan fingerprint density at radius 1 is 1.40 bits per heavy atom. The molecule has 0 aliphatic heterocycles. The summed E-state index contributed by atoms with van der Waals surface area (Å²) < 4.78 is 5.94. The van der Waals surface area contributed by atoms with Crippen molar-refractivity contribution in [2.75, 3.05) is 0 Å². The van der Waals surface area contributed by atoms with Crippen molar-refractivity contribution in [3.63, 3.8) is 0 Å². The van der Waals surface area contributed by atoms with E-state index in [1.807, 2.05) is 6.92 Å². The van der Waals surface area contributed by atoms with Gasteiger partial charge in [-0.1, -0.05) is 20.8 Å². The van der Waals surface area contributed by atoms with Crippen molar-refractivity contribution in [3.8, 4) is 5.88 Å². The molecule has 4 heteroatoms. The Labute approximate surface area is 120 Å². The van der Waals surface area contributed by atoms with Gasteiger partial charge in [0.2, 0.25) is 5.88 Å². The number of hydrogen-bond donors (Lipinski definition) is 1. The van der Waals surface area contributed by atoms with E-state index in [-0.39, 0.29) is 23.0 Å². The van der Waals surface area contributed by atoms with E-state index in [9.17, 15) is 9.90 Å². The first-order valence-electron chi connectivity index (χ1n) is 7.14. The maximum Gasteiger partial charge on any atom is 0.341 e. The second-order valence-corrected chi connectivity index (χ2v) is 6.76. The molecular weight excluding hydrogens is 254 g/mol. The monoisotopic (exact) mass is 277 g/mol. The number of rotatable bonds is 3. The van der Waals surface area contributed by atoms with E-state index in [2.05, 4.69) is 25.8 Å². The molecule has 0 radical (unpaired) electrons. The molecule has 2 unspecified atom stereocenters. The lowest BCUT2D eigenvalue weighted by Crippen LogP contribution is -2.34. The highest BCUT2D eigenvalue weighted by atomic mass is 16.5. The lowest BCUT2D eigenvalue weighted by molar-refractivity contribution is 0.0503. The number of aromatic carboxylic acids is 1. The van der Waals surface area contributed by atoms with E-state index in [1.54, 1.807) is 12.1 Å². The number of nitrogens with zero attached hydrogens (tertiary/aromatic N) is 1. The minimum absolute atomic E-state index is 0.0427. The summed E-state index contributed by atoms with van der Waals surface area (Å²) in [5.74, 6) is -0.148. The summed E-state index contributed by atoms with van der Waals surface area (Å²) in [4.78, 5) is 15.5. The summed E-state index contributed by atoms with van der Waals surface area (Å²) >= 11 is 0. The van der Waals surface area contributed by atoms with Crippen LogP contribution in [0.25, 0.3) is 0 Å². The van der Waals surface area contributed by atoms with E-state index in [4.69, 9.17) is 4.74 Å². The number of hydrogen-bond acceptors (Lipinski definition) is 3. The predicted octanol–water partition coefficient (Wildman–Crippen LogP) is 3.68. The molecule has 20 heavy (non-hydrogen) atoms. The number of aromatic nitrogens is 1. The molecule has 1 aliphatic carbocycles. The van der Waals surface area contributed by atoms with Gasteiger partial charge in [-0.2, -0.15) is 0 Å². The molecule has 110 valence electrons. The first kappa shape index (κ1) is 14.8. The van der Waals surface area contributed by atoms with Gasteiger partial charge in [0.1, 0.15) is 11.7 Å². The highest BCUT2D eigenvalue weighted by molar-refractivity contribution is 5.90. The fourth-order valence-electron chi connectivity index (χ4n) is 3.29. The SMILES string of the molecule is Cc1ccc(C(=O)O)c(OC2CC(C)CC(C)(C)C2)n1. The maximum atomic E-state index is 11.2. The molecule has 1 fully saturated rings. The second-order valence-electron chi connectivity index (χ2n) is 6.76. The smallest absolute Gasteiger partial charge is 0.341 e. The van der Waals surface area contributed by atoms with Gasteiger partial charge in [-0.15, -0.1) is 0 Å². The van der Waals surface area contributed by atoms with Crippen LogP contribution in [0, 0.1) is 18.3 Å². The van der Waals surface area contributed by atoms with Gasteiger partial charge < -0.3 is 9.84 Å². The van der Waals surface area contributed by atoms with Crippen molar-refractivity contribution < 1.29 is 14.6 Å². The van der Waals surface area contributed by atoms with Crippen LogP contribution in [0.3, 0.4) is 0 Å². The average molecular weight is 277 g/mol. The van der Waals surface area contributed by atoms with Gasteiger partial charge >= 0.3 is 5.97 Å². The lowest BCUT2D eigenvalue weighted by atomic mass is 9.71. The van der Waals surface area contributed by atoms with E-state index >= 15 is 0 Å². The molecule has 0 saturated heterocycles. The summed E-state index contributed by atoms with van der Waals surface area (Å²) in [7, 11) is 0. The molecule has 0 aromatic carbocycles. The molecule has 2 rings (SSSR count). The minimum Gasteiger partial charge on any atom is -0.477 e. The predicted molar refractivity (Wildman–Crippen MR) is 77.1 cm³/mol. The molecule has 2 atom stereocenters. The molecule has 0 amide bonds. The van der Waals surface area contributed by atoms with E-state index in [0.717, 1.165) is 18.5 Å². The summed E-state index contributed by atoms with van der Waals surface area (Å²) in [6, 6.07) is 3.27. The third kappa shape index (κ3) is 3.50. The standard InChI is InChI=1S/C16H23NO3/c1-10-7-12(9-16(3,4)8-10)20-14-13(15(18)19)6-5-11(2)17-14/h5-6,10,12H,7-9H2,1-4H3,(H,18,19). The van der Waals surface area contributed by atoms with E-state index in [1.165, 1.54) is 6.42 Å². The molecule has 1 aliphatic rings. The molecule has 1 aromatic heterocycles. The molecule has 0 bridgehead atoms. The van der Waals surface area contributed by atoms with Gasteiger partial charge in [0.25, 0.3) is 0 Å². The zero-order valence-electron chi connectivity index (χ0n) is 12.6. The van der Waals surface area contributed by atoms with Crippen LogP contribution in [0.15, 0.2) is 12.1 Å². The highest BCUT2D eigenvalue weighted by Gasteiger charge is 2.34. The second kappa shape index (κ2) is 5.43. The Morgan fingerprint density at radius 3 is 2.70 bits per heavy atom. The maximum absolute atomic E-state index is 11.2. The van der Waals surface area contributed by atoms with Crippen LogP contribution < -0.4 is 4.74 Å². The van der Waals surface area contributed by atoms with Crippen molar-refractivity contribution >= 4 is 5.97 Å². The number of aryl methyl sites for hydroxylation is 1. The quantitative estimate of drug-likeness (QED) is 0.915. The Kier molecular flexibility index (Phi) is 4.02. The molecule has 4 nitrogen and oxygen atoms in total. The van der Waals surface area contributed by atoms with Gasteiger partial charge in [0.05, 0.1) is 0 Å². The van der Waals surface area contributed by atoms with Crippen LogP contribution in [0.2, 0.25) is 0 Å². The van der Waals surface area contributed by atoms with Gasteiger partial charge in [-0.3, -0.25) is 0 Å². The van der Waals surface area contributed by atoms with Crippen LogP contribution >= 0.6 is 0 Å². The van der Waals surface area contributed by atoms with Gasteiger partial charge in [-0.25, -0.2) is 9.78 Å². The van der Waals surface area contributed by atoms with Gasteiger partial charge in [0, 0.05) is 5.69 Å². The van der Waals surface area contributed by atoms with Gasteiger partial charge in [-0.05, 0) is 49.7 Å². The number of pyridine rings is 1. The summed E-state index contributed by atoms with van der Waals surface area (Å²) in [5.41, 5.74) is 1.15. The van der Waals surface area contributed by atoms with Crippen molar-refractivity contribution in [2.45, 2.75) is 53.1 Å². The molecular formula is C16H23NO3. The number of carbonyl (C=O) groups is 1. The summed E-state index contributed by atoms with van der Waals surface area (Å²) in [6.07, 6.45) is 3.12. The van der Waals surface area contributed by atoms with Crippen molar-refractivity contribution in [1.82, 2.24) is 4.98 Å². The topological polar surface area (TPSA) is 59.4 Å². The number of carboxylic acid groups (broad SMARTS) is 1. The molecule has 1 heterocycles. The normalized spacial score (nSPS) is 25.2. The van der Waals surface area contributed by atoms with Crippen LogP contribution in [0.4, 0.5) is 0 Å². The largest absolute Gasteiger partial charge is 0.477 e. The number of carboxylic acids is 1. The van der Waals surface area contributed by atoms with Crippen molar-refractivity contribution in [1.29, 1.82) is 0 Å². The Hall–Kier alpha value is -1.58. The third-order valence-corrected chi connectivity index (χ3v) is 3.85. The average Bonchev–Trinajstić information content (AvgIpc) is 2.25. The first-order chi connectivity index (χ1) is 9.27. The van der Waals surface area contributed by atoms with E-state index < -0.39 is 5.97 Å². The Morgan fingerprint density at radius 2 is 2.10 bits per heavy atom. The van der Waals surface area contributed by atoms with Crippen molar-refractivity contribution in [2.24, 2.45) is 11.3 Å². The fourth-order valence-corrected chi connectivity index (χ4v) is 3.29.